The minimum absolute atomic E-state index is 0.00879. The summed E-state index contributed by atoms with van der Waals surface area (Å²) in [6, 6.07) is 12.5. The maximum absolute atomic E-state index is 16.9. The van der Waals surface area contributed by atoms with E-state index >= 15 is 8.78 Å². The van der Waals surface area contributed by atoms with Crippen LogP contribution in [0.3, 0.4) is 0 Å². The molecule has 3 aromatic carbocycles. The van der Waals surface area contributed by atoms with Crippen molar-refractivity contribution in [3.8, 4) is 28.3 Å². The van der Waals surface area contributed by atoms with Gasteiger partial charge in [-0.3, -0.25) is 4.90 Å². The number of carboxylic acid groups (broad SMARTS) is 1. The molecule has 6 rings (SSSR count). The summed E-state index contributed by atoms with van der Waals surface area (Å²) in [6.07, 6.45) is -0.573. The highest BCUT2D eigenvalue weighted by Gasteiger charge is 2.44. The number of piperazine rings is 1. The van der Waals surface area contributed by atoms with Gasteiger partial charge < -0.3 is 19.5 Å². The Kier molecular flexibility index (Phi) is 9.57. The monoisotopic (exact) mass is 686 g/mol. The summed E-state index contributed by atoms with van der Waals surface area (Å²) in [5.41, 5.74) is 6.55. The zero-order valence-electron chi connectivity index (χ0n) is 29.2. The Bertz CT molecular complexity index is 1940. The van der Waals surface area contributed by atoms with E-state index < -0.39 is 26.1 Å². The lowest BCUT2D eigenvalue weighted by atomic mass is 9.93. The summed E-state index contributed by atoms with van der Waals surface area (Å²) in [5.74, 6) is 3.65. The van der Waals surface area contributed by atoms with Gasteiger partial charge in [0, 0.05) is 42.1 Å². The highest BCUT2D eigenvalue weighted by atomic mass is 28.3. The van der Waals surface area contributed by atoms with Gasteiger partial charge in [0.1, 0.15) is 25.2 Å². The Morgan fingerprint density at radius 1 is 0.980 bits per heavy atom. The van der Waals surface area contributed by atoms with Crippen LogP contribution >= 0.6 is 0 Å². The van der Waals surface area contributed by atoms with Crippen LogP contribution in [0, 0.1) is 23.4 Å². The lowest BCUT2D eigenvalue weighted by Gasteiger charge is -2.40. The minimum atomic E-state index is -2.09. The molecule has 2 saturated heterocycles. The van der Waals surface area contributed by atoms with Crippen molar-refractivity contribution in [3.05, 3.63) is 59.9 Å². The van der Waals surface area contributed by atoms with Crippen molar-refractivity contribution < 1.29 is 28.2 Å². The summed E-state index contributed by atoms with van der Waals surface area (Å²) in [7, 11) is -0.557. The number of hydrogen-bond acceptors (Lipinski definition) is 6. The van der Waals surface area contributed by atoms with Crippen molar-refractivity contribution in [1.82, 2.24) is 14.9 Å². The number of rotatable bonds is 8. The van der Waals surface area contributed by atoms with Gasteiger partial charge in [0.15, 0.2) is 12.6 Å². The molecule has 0 radical (unpaired) electrons. The van der Waals surface area contributed by atoms with Crippen molar-refractivity contribution in [2.75, 3.05) is 31.9 Å². The smallest absolute Gasteiger partial charge is 0.407 e. The van der Waals surface area contributed by atoms with E-state index in [0.717, 1.165) is 16.3 Å². The molecule has 1 amide bonds. The number of methoxy groups -OCH3 is 1. The van der Waals surface area contributed by atoms with E-state index in [4.69, 9.17) is 9.47 Å². The molecule has 0 aliphatic carbocycles. The largest absolute Gasteiger partial charge is 0.468 e. The van der Waals surface area contributed by atoms with Crippen molar-refractivity contribution in [1.29, 1.82) is 0 Å². The molecule has 3 heterocycles. The molecule has 4 aromatic rings. The number of amides is 1. The predicted octanol–water partition coefficient (Wildman–Crippen LogP) is 8.61. The molecule has 1 aromatic heterocycles. The highest BCUT2D eigenvalue weighted by Crippen LogP contribution is 2.43. The molecular formula is C38H44F2N4O4Si. The number of fused-ring (bicyclic) bond motifs is 4. The summed E-state index contributed by atoms with van der Waals surface area (Å²) < 4.78 is 43.1. The van der Waals surface area contributed by atoms with E-state index in [9.17, 15) is 9.90 Å². The van der Waals surface area contributed by atoms with Crippen LogP contribution in [-0.2, 0) is 4.74 Å². The lowest BCUT2D eigenvalue weighted by molar-refractivity contribution is 0.0512. The molecule has 11 heteroatoms. The summed E-state index contributed by atoms with van der Waals surface area (Å²) in [6.45, 7) is 14.3. The van der Waals surface area contributed by atoms with Gasteiger partial charge in [-0.25, -0.2) is 9.18 Å². The Balaban J connectivity index is 1.53. The van der Waals surface area contributed by atoms with Crippen LogP contribution in [0.2, 0.25) is 16.6 Å². The Morgan fingerprint density at radius 3 is 2.27 bits per heavy atom. The number of aromatic nitrogens is 2. The molecule has 0 unspecified atom stereocenters. The van der Waals surface area contributed by atoms with E-state index in [1.165, 1.54) is 12.0 Å². The zero-order valence-corrected chi connectivity index (χ0v) is 30.2. The second kappa shape index (κ2) is 13.6. The molecule has 1 N–H and O–H groups in total. The van der Waals surface area contributed by atoms with E-state index in [0.29, 0.717) is 59.3 Å². The van der Waals surface area contributed by atoms with Crippen LogP contribution in [-0.4, -0.2) is 73.2 Å². The summed E-state index contributed by atoms with van der Waals surface area (Å²) >= 11 is 0. The van der Waals surface area contributed by atoms with Gasteiger partial charge in [-0.05, 0) is 64.7 Å². The molecule has 0 spiro atoms. The van der Waals surface area contributed by atoms with Crippen LogP contribution in [0.1, 0.15) is 59.9 Å². The first-order valence-corrected chi connectivity index (χ1v) is 19.2. The average Bonchev–Trinajstić information content (AvgIpc) is 3.33. The normalized spacial score (nSPS) is 17.8. The molecule has 0 saturated carbocycles. The maximum atomic E-state index is 16.9. The van der Waals surface area contributed by atoms with Gasteiger partial charge in [0.2, 0.25) is 0 Å². The quantitative estimate of drug-likeness (QED) is 0.0860. The van der Waals surface area contributed by atoms with Crippen LogP contribution in [0.15, 0.2) is 42.5 Å². The topological polar surface area (TPSA) is 88.0 Å². The number of anilines is 1. The number of benzene rings is 3. The number of nitrogens with zero attached hydrogens (tertiary/aromatic N) is 4. The number of hydrogen-bond donors (Lipinski definition) is 1. The Morgan fingerprint density at radius 2 is 1.65 bits per heavy atom. The van der Waals surface area contributed by atoms with E-state index in [2.05, 4.69) is 63.0 Å². The molecule has 2 bridgehead atoms. The maximum Gasteiger partial charge on any atom is 0.407 e. The molecule has 258 valence electrons. The second-order valence-electron chi connectivity index (χ2n) is 14.2. The first-order chi connectivity index (χ1) is 23.4. The SMILES string of the molecule is COCOc1cc(-c2ccc3c(N4C[C@H]5CC[C@@H](C4)N5C(=O)O)nc(F)nc3c2F)c2c(C#C[Si](C(C)C)(C(C)C)C(C)C)cccc2c1. The minimum Gasteiger partial charge on any atom is -0.468 e. The summed E-state index contributed by atoms with van der Waals surface area (Å²) in [4.78, 5) is 23.3. The fourth-order valence-corrected chi connectivity index (χ4v) is 13.7. The van der Waals surface area contributed by atoms with E-state index in [-0.39, 0.29) is 35.8 Å². The molecule has 49 heavy (non-hydrogen) atoms. The van der Waals surface area contributed by atoms with Crippen molar-refractivity contribution >= 4 is 41.7 Å². The fraction of sp³-hybridized carbons (Fsp3) is 0.447. The van der Waals surface area contributed by atoms with Crippen molar-refractivity contribution in [2.45, 2.75) is 83.1 Å². The van der Waals surface area contributed by atoms with Crippen LogP contribution in [0.5, 0.6) is 5.75 Å². The number of halogens is 2. The van der Waals surface area contributed by atoms with Gasteiger partial charge >= 0.3 is 12.2 Å². The van der Waals surface area contributed by atoms with Gasteiger partial charge in [-0.15, -0.1) is 5.54 Å². The van der Waals surface area contributed by atoms with Crippen molar-refractivity contribution in [3.63, 3.8) is 0 Å². The third kappa shape index (κ3) is 6.10. The van der Waals surface area contributed by atoms with Crippen LogP contribution in [0.4, 0.5) is 19.4 Å². The standard InChI is InChI=1S/C38H44F2N4O4Si/c1-22(2)49(23(3)4,24(5)6)16-15-25-9-8-10-26-17-29(48-21-47-7)18-32(33(25)26)30-13-14-31-35(34(30)39)41-37(40)42-36(31)43-19-27-11-12-28(20-43)44(27)38(45)46/h8-10,13-14,17-18,22-24,27-28H,11-12,19-21H2,1-7H3,(H,45,46)/t27-,28+. The average molecular weight is 687 g/mol. The van der Waals surface area contributed by atoms with Gasteiger partial charge in [0.25, 0.3) is 0 Å². The fourth-order valence-electron chi connectivity index (χ4n) is 8.49. The molecule has 2 atom stereocenters. The molecular weight excluding hydrogens is 643 g/mol. The van der Waals surface area contributed by atoms with Crippen LogP contribution in [0.25, 0.3) is 32.8 Å². The Labute approximate surface area is 287 Å². The number of carbonyl (C=O) groups is 1. The molecule has 8 nitrogen and oxygen atoms in total. The molecule has 2 aliphatic heterocycles. The Hall–Kier alpha value is -4.27. The van der Waals surface area contributed by atoms with E-state index in [1.807, 2.05) is 29.2 Å². The van der Waals surface area contributed by atoms with Gasteiger partial charge in [-0.2, -0.15) is 14.4 Å². The first kappa shape index (κ1) is 34.6. The third-order valence-corrected chi connectivity index (χ3v) is 16.9. The van der Waals surface area contributed by atoms with Gasteiger partial charge in [0.05, 0.1) is 12.1 Å². The third-order valence-electron chi connectivity index (χ3n) is 10.6. The summed E-state index contributed by atoms with van der Waals surface area (Å²) in [5, 5.41) is 11.7. The predicted molar refractivity (Wildman–Crippen MR) is 192 cm³/mol. The zero-order chi connectivity index (χ0) is 35.2. The lowest BCUT2D eigenvalue weighted by Crippen LogP contribution is -2.55. The van der Waals surface area contributed by atoms with Crippen molar-refractivity contribution in [2.24, 2.45) is 0 Å². The second-order valence-corrected chi connectivity index (χ2v) is 19.8. The van der Waals surface area contributed by atoms with Gasteiger partial charge in [-0.1, -0.05) is 65.7 Å². The van der Waals surface area contributed by atoms with E-state index in [1.54, 1.807) is 18.2 Å². The molecule has 2 aliphatic rings. The molecule has 2 fully saturated rings. The first-order valence-electron chi connectivity index (χ1n) is 17.0. The van der Waals surface area contributed by atoms with Crippen LogP contribution < -0.4 is 9.64 Å². The number of ether oxygens (including phenoxy) is 2. The highest BCUT2D eigenvalue weighted by molar-refractivity contribution is 6.90.